The molecule has 0 fully saturated rings. The zero-order chi connectivity index (χ0) is 33.5. The molecule has 0 aliphatic carbocycles. The fraction of sp³-hybridized carbons (Fsp3) is 0. The summed E-state index contributed by atoms with van der Waals surface area (Å²) >= 11 is 0. The van der Waals surface area contributed by atoms with E-state index in [4.69, 9.17) is 4.98 Å². The Morgan fingerprint density at radius 3 is 1.71 bits per heavy atom. The second kappa shape index (κ2) is 10.7. The van der Waals surface area contributed by atoms with Gasteiger partial charge in [-0.2, -0.15) is 0 Å². The van der Waals surface area contributed by atoms with Gasteiger partial charge in [0.05, 0.1) is 27.6 Å². The average Bonchev–Trinajstić information content (AvgIpc) is 3.84. The number of fused-ring (bicyclic) bond motifs is 9. The summed E-state index contributed by atoms with van der Waals surface area (Å²) in [5, 5.41) is 6.94. The van der Waals surface area contributed by atoms with Crippen LogP contribution in [0.1, 0.15) is 0 Å². The molecule has 11 aromatic rings. The Balaban J connectivity index is 1.07. The summed E-state index contributed by atoms with van der Waals surface area (Å²) < 4.78 is 6.95. The first-order valence-corrected chi connectivity index (χ1v) is 17.1. The number of hydrogen-bond acceptors (Lipinski definition) is 3. The molecule has 0 aliphatic rings. The smallest absolute Gasteiger partial charge is 0.145 e. The van der Waals surface area contributed by atoms with Gasteiger partial charge in [0.1, 0.15) is 5.65 Å². The molecule has 0 radical (unpaired) electrons. The highest BCUT2D eigenvalue weighted by molar-refractivity contribution is 6.12. The summed E-state index contributed by atoms with van der Waals surface area (Å²) in [4.78, 5) is 13.8. The standard InChI is InChI=1S/C45H28N6/c1-2-7-29(8-3-1)30-12-18-41-36(25-30)39-28-47-24-21-44(39)49(41)31-13-15-32(16-14-31)51-42-19-17-33(26-37(42)35-10-6-22-48-45(35)51)50-40-11-5-4-9-34(40)38-27-46-23-20-43(38)50/h1-28H. The lowest BCUT2D eigenvalue weighted by atomic mass is 10.0. The van der Waals surface area contributed by atoms with Crippen molar-refractivity contribution in [3.63, 3.8) is 0 Å². The van der Waals surface area contributed by atoms with E-state index in [1.807, 2.05) is 37.1 Å². The van der Waals surface area contributed by atoms with E-state index >= 15 is 0 Å². The average molecular weight is 653 g/mol. The molecule has 11 rings (SSSR count). The van der Waals surface area contributed by atoms with Crippen LogP contribution in [-0.4, -0.2) is 28.7 Å². The van der Waals surface area contributed by atoms with Crippen molar-refractivity contribution >= 4 is 65.5 Å². The summed E-state index contributed by atoms with van der Waals surface area (Å²) in [5.74, 6) is 0. The van der Waals surface area contributed by atoms with Crippen molar-refractivity contribution in [2.75, 3.05) is 0 Å². The first kappa shape index (κ1) is 27.9. The van der Waals surface area contributed by atoms with E-state index in [1.54, 1.807) is 0 Å². The first-order chi connectivity index (χ1) is 25.3. The predicted octanol–water partition coefficient (Wildman–Crippen LogP) is 10.8. The highest BCUT2D eigenvalue weighted by Gasteiger charge is 2.18. The molecule has 0 aliphatic heterocycles. The van der Waals surface area contributed by atoms with Gasteiger partial charge < -0.3 is 9.13 Å². The fourth-order valence-electron chi connectivity index (χ4n) is 8.03. The number of rotatable bonds is 4. The molecular weight excluding hydrogens is 625 g/mol. The molecular formula is C45H28N6. The topological polar surface area (TPSA) is 53.5 Å². The van der Waals surface area contributed by atoms with Crippen molar-refractivity contribution in [3.8, 4) is 28.2 Å². The van der Waals surface area contributed by atoms with Crippen LogP contribution in [0.4, 0.5) is 0 Å². The van der Waals surface area contributed by atoms with Crippen LogP contribution in [0.5, 0.6) is 0 Å². The lowest BCUT2D eigenvalue weighted by molar-refractivity contribution is 1.12. The maximum atomic E-state index is 4.91. The number of nitrogens with zero attached hydrogens (tertiary/aromatic N) is 6. The number of benzene rings is 5. The van der Waals surface area contributed by atoms with Crippen LogP contribution in [0.3, 0.4) is 0 Å². The zero-order valence-corrected chi connectivity index (χ0v) is 27.3. The van der Waals surface area contributed by atoms with Crippen LogP contribution in [0, 0.1) is 0 Å². The number of pyridine rings is 3. The summed E-state index contributed by atoms with van der Waals surface area (Å²) in [6.45, 7) is 0. The molecule has 0 spiro atoms. The largest absolute Gasteiger partial charge is 0.309 e. The minimum atomic E-state index is 0.931. The van der Waals surface area contributed by atoms with Gasteiger partial charge in [-0.05, 0) is 96.1 Å². The van der Waals surface area contributed by atoms with E-state index in [0.717, 1.165) is 71.8 Å². The van der Waals surface area contributed by atoms with Gasteiger partial charge in [0.2, 0.25) is 0 Å². The molecule has 238 valence electrons. The SMILES string of the molecule is c1ccc(-c2ccc3c(c2)c2cnccc2n3-c2ccc(-n3c4ccc(-n5c6ccccc6c6cnccc65)cc4c4cccnc43)cc2)cc1. The van der Waals surface area contributed by atoms with E-state index < -0.39 is 0 Å². The lowest BCUT2D eigenvalue weighted by Crippen LogP contribution is -1.98. The molecule has 0 saturated carbocycles. The molecule has 6 nitrogen and oxygen atoms in total. The molecule has 0 saturated heterocycles. The number of para-hydroxylation sites is 1. The van der Waals surface area contributed by atoms with Crippen LogP contribution in [-0.2, 0) is 0 Å². The molecule has 51 heavy (non-hydrogen) atoms. The van der Waals surface area contributed by atoms with E-state index in [2.05, 4.69) is 157 Å². The minimum absolute atomic E-state index is 0.931. The first-order valence-electron chi connectivity index (χ1n) is 17.1. The van der Waals surface area contributed by atoms with Gasteiger partial charge in [-0.25, -0.2) is 4.98 Å². The van der Waals surface area contributed by atoms with E-state index in [-0.39, 0.29) is 0 Å². The van der Waals surface area contributed by atoms with Gasteiger partial charge in [-0.3, -0.25) is 14.5 Å². The summed E-state index contributed by atoms with van der Waals surface area (Å²) in [7, 11) is 0. The summed E-state index contributed by atoms with van der Waals surface area (Å²) in [6, 6.07) is 49.8. The van der Waals surface area contributed by atoms with Crippen LogP contribution in [0.15, 0.2) is 171 Å². The molecule has 0 bridgehead atoms. The zero-order valence-electron chi connectivity index (χ0n) is 27.3. The van der Waals surface area contributed by atoms with Crippen LogP contribution < -0.4 is 0 Å². The van der Waals surface area contributed by atoms with Gasteiger partial charge in [-0.1, -0.05) is 54.6 Å². The highest BCUT2D eigenvalue weighted by Crippen LogP contribution is 2.38. The van der Waals surface area contributed by atoms with E-state index in [1.165, 1.54) is 21.9 Å². The van der Waals surface area contributed by atoms with Crippen molar-refractivity contribution in [2.45, 2.75) is 0 Å². The Morgan fingerprint density at radius 1 is 0.333 bits per heavy atom. The second-order valence-corrected chi connectivity index (χ2v) is 13.0. The second-order valence-electron chi connectivity index (χ2n) is 13.0. The van der Waals surface area contributed by atoms with Gasteiger partial charge >= 0.3 is 0 Å². The third-order valence-corrected chi connectivity index (χ3v) is 10.3. The number of hydrogen-bond donors (Lipinski definition) is 0. The van der Waals surface area contributed by atoms with E-state index in [0.29, 0.717) is 0 Å². The molecule has 0 N–H and O–H groups in total. The highest BCUT2D eigenvalue weighted by atomic mass is 15.1. The van der Waals surface area contributed by atoms with Crippen molar-refractivity contribution < 1.29 is 0 Å². The normalized spacial score (nSPS) is 11.9. The Bertz CT molecular complexity index is 3080. The quantitative estimate of drug-likeness (QED) is 0.190. The summed E-state index contributed by atoms with van der Waals surface area (Å²) in [5.41, 5.74) is 12.3. The summed E-state index contributed by atoms with van der Waals surface area (Å²) in [6.07, 6.45) is 9.56. The van der Waals surface area contributed by atoms with Crippen molar-refractivity contribution in [1.82, 2.24) is 28.7 Å². The molecule has 6 heterocycles. The van der Waals surface area contributed by atoms with Crippen LogP contribution in [0.25, 0.3) is 93.7 Å². The number of aromatic nitrogens is 6. The predicted molar refractivity (Wildman–Crippen MR) is 208 cm³/mol. The van der Waals surface area contributed by atoms with Crippen molar-refractivity contribution in [3.05, 3.63) is 171 Å². The molecule has 6 aromatic heterocycles. The van der Waals surface area contributed by atoms with Crippen molar-refractivity contribution in [2.24, 2.45) is 0 Å². The van der Waals surface area contributed by atoms with Crippen molar-refractivity contribution in [1.29, 1.82) is 0 Å². The van der Waals surface area contributed by atoms with Crippen LogP contribution in [0.2, 0.25) is 0 Å². The Morgan fingerprint density at radius 2 is 0.902 bits per heavy atom. The third kappa shape index (κ3) is 4.07. The molecule has 0 amide bonds. The molecule has 5 aromatic carbocycles. The molecule has 0 unspecified atom stereocenters. The monoisotopic (exact) mass is 652 g/mol. The molecule has 6 heteroatoms. The Kier molecular flexibility index (Phi) is 5.86. The van der Waals surface area contributed by atoms with Gasteiger partial charge in [-0.15, -0.1) is 0 Å². The minimum Gasteiger partial charge on any atom is -0.309 e. The molecule has 0 atom stereocenters. The third-order valence-electron chi connectivity index (χ3n) is 10.3. The Hall–Kier alpha value is -7.05. The lowest BCUT2D eigenvalue weighted by Gasteiger charge is -2.12. The van der Waals surface area contributed by atoms with E-state index in [9.17, 15) is 0 Å². The Labute approximate surface area is 292 Å². The fourth-order valence-corrected chi connectivity index (χ4v) is 8.03. The maximum Gasteiger partial charge on any atom is 0.145 e. The van der Waals surface area contributed by atoms with Crippen LogP contribution >= 0.6 is 0 Å². The van der Waals surface area contributed by atoms with Gasteiger partial charge in [0.15, 0.2) is 0 Å². The van der Waals surface area contributed by atoms with Gasteiger partial charge in [0.25, 0.3) is 0 Å². The maximum absolute atomic E-state index is 4.91. The van der Waals surface area contributed by atoms with Gasteiger partial charge in [0, 0.05) is 80.4 Å².